The number of amides is 1. The largest absolute Gasteiger partial charge is 0.465 e. The second kappa shape index (κ2) is 7.75. The summed E-state index contributed by atoms with van der Waals surface area (Å²) in [6.45, 7) is 0. The van der Waals surface area contributed by atoms with Gasteiger partial charge >= 0.3 is 0 Å². The van der Waals surface area contributed by atoms with Gasteiger partial charge in [0.25, 0.3) is 0 Å². The quantitative estimate of drug-likeness (QED) is 0.519. The third-order valence-electron chi connectivity index (χ3n) is 3.47. The number of hydrazone groups is 1. The molecule has 1 aromatic heterocycles. The van der Waals surface area contributed by atoms with E-state index in [0.717, 1.165) is 26.6 Å². The van der Waals surface area contributed by atoms with Crippen LogP contribution in [-0.4, -0.2) is 12.1 Å². The van der Waals surface area contributed by atoms with Gasteiger partial charge < -0.3 is 4.42 Å². The van der Waals surface area contributed by atoms with Crippen molar-refractivity contribution in [2.75, 3.05) is 0 Å². The molecule has 4 nitrogen and oxygen atoms in total. The molecule has 0 aliphatic heterocycles. The van der Waals surface area contributed by atoms with E-state index in [1.807, 2.05) is 42.5 Å². The van der Waals surface area contributed by atoms with E-state index in [4.69, 9.17) is 4.42 Å². The highest BCUT2D eigenvalue weighted by molar-refractivity contribution is 9.10. The minimum atomic E-state index is -0.162. The SMILES string of the molecule is O=C(Cc1ccc(Br)c2ccccc12)N/N=C/C=C/c1ccco1. The highest BCUT2D eigenvalue weighted by Gasteiger charge is 2.08. The monoisotopic (exact) mass is 382 g/mol. The van der Waals surface area contributed by atoms with E-state index in [1.54, 1.807) is 24.5 Å². The van der Waals surface area contributed by atoms with Crippen LogP contribution in [0.15, 0.2) is 74.9 Å². The van der Waals surface area contributed by atoms with Crippen molar-refractivity contribution in [1.29, 1.82) is 0 Å². The van der Waals surface area contributed by atoms with Gasteiger partial charge in [-0.25, -0.2) is 5.43 Å². The van der Waals surface area contributed by atoms with Crippen LogP contribution in [-0.2, 0) is 11.2 Å². The van der Waals surface area contributed by atoms with Crippen LogP contribution in [0.1, 0.15) is 11.3 Å². The number of hydrogen-bond acceptors (Lipinski definition) is 3. The summed E-state index contributed by atoms with van der Waals surface area (Å²) in [5, 5.41) is 6.05. The van der Waals surface area contributed by atoms with Crippen molar-refractivity contribution in [3.8, 4) is 0 Å². The molecule has 0 radical (unpaired) electrons. The number of benzene rings is 2. The molecule has 0 unspecified atom stereocenters. The molecule has 24 heavy (non-hydrogen) atoms. The number of carbonyl (C=O) groups excluding carboxylic acids is 1. The Morgan fingerprint density at radius 1 is 1.12 bits per heavy atom. The molecule has 0 saturated carbocycles. The smallest absolute Gasteiger partial charge is 0.244 e. The first-order chi connectivity index (χ1) is 11.7. The van der Waals surface area contributed by atoms with Gasteiger partial charge in [0.15, 0.2) is 0 Å². The molecule has 2 aromatic carbocycles. The van der Waals surface area contributed by atoms with Crippen LogP contribution in [0.2, 0.25) is 0 Å². The number of furan rings is 1. The number of fused-ring (bicyclic) bond motifs is 1. The second-order valence-corrected chi connectivity index (χ2v) is 5.97. The summed E-state index contributed by atoms with van der Waals surface area (Å²) in [5.41, 5.74) is 3.49. The molecule has 5 heteroatoms. The van der Waals surface area contributed by atoms with Crippen molar-refractivity contribution >= 4 is 44.9 Å². The minimum absolute atomic E-state index is 0.162. The zero-order chi connectivity index (χ0) is 16.8. The van der Waals surface area contributed by atoms with Crippen LogP contribution >= 0.6 is 15.9 Å². The fourth-order valence-electron chi connectivity index (χ4n) is 2.37. The van der Waals surface area contributed by atoms with Crippen LogP contribution in [0.4, 0.5) is 0 Å². The number of allylic oxidation sites excluding steroid dienone is 1. The summed E-state index contributed by atoms with van der Waals surface area (Å²) >= 11 is 3.53. The molecular weight excluding hydrogens is 368 g/mol. The highest BCUT2D eigenvalue weighted by Crippen LogP contribution is 2.27. The van der Waals surface area contributed by atoms with Gasteiger partial charge in [-0.05, 0) is 46.7 Å². The third-order valence-corrected chi connectivity index (χ3v) is 4.16. The van der Waals surface area contributed by atoms with Crippen molar-refractivity contribution in [1.82, 2.24) is 5.43 Å². The Labute approximate surface area is 148 Å². The van der Waals surface area contributed by atoms with E-state index in [2.05, 4.69) is 26.5 Å². The van der Waals surface area contributed by atoms with Crippen LogP contribution in [0.5, 0.6) is 0 Å². The van der Waals surface area contributed by atoms with Crippen molar-refractivity contribution in [2.24, 2.45) is 5.10 Å². The Bertz CT molecular complexity index is 899. The molecule has 120 valence electrons. The van der Waals surface area contributed by atoms with Crippen molar-refractivity contribution in [3.63, 3.8) is 0 Å². The second-order valence-electron chi connectivity index (χ2n) is 5.12. The number of nitrogens with zero attached hydrogens (tertiary/aromatic N) is 1. The van der Waals surface area contributed by atoms with Crippen molar-refractivity contribution in [2.45, 2.75) is 6.42 Å². The summed E-state index contributed by atoms with van der Waals surface area (Å²) < 4.78 is 6.17. The lowest BCUT2D eigenvalue weighted by Gasteiger charge is -2.07. The first kappa shape index (κ1) is 16.2. The molecule has 1 amide bonds. The zero-order valence-electron chi connectivity index (χ0n) is 12.8. The Hall–Kier alpha value is -2.66. The summed E-state index contributed by atoms with van der Waals surface area (Å²) in [6, 6.07) is 15.5. The lowest BCUT2D eigenvalue weighted by molar-refractivity contribution is -0.120. The number of halogens is 1. The van der Waals surface area contributed by atoms with Crippen molar-refractivity contribution in [3.05, 3.63) is 76.7 Å². The predicted molar refractivity (Wildman–Crippen MR) is 99.7 cm³/mol. The number of hydrogen-bond donors (Lipinski definition) is 1. The molecule has 0 saturated heterocycles. The molecule has 3 aromatic rings. The van der Waals surface area contributed by atoms with Gasteiger partial charge in [0.2, 0.25) is 5.91 Å². The van der Waals surface area contributed by atoms with E-state index in [-0.39, 0.29) is 12.3 Å². The van der Waals surface area contributed by atoms with Gasteiger partial charge in [0.1, 0.15) is 5.76 Å². The van der Waals surface area contributed by atoms with Crippen LogP contribution in [0.3, 0.4) is 0 Å². The van der Waals surface area contributed by atoms with E-state index in [9.17, 15) is 4.79 Å². The molecule has 0 atom stereocenters. The average Bonchev–Trinajstić information content (AvgIpc) is 3.11. The fraction of sp³-hybridized carbons (Fsp3) is 0.0526. The molecule has 3 rings (SSSR count). The van der Waals surface area contributed by atoms with Gasteiger partial charge in [0, 0.05) is 10.7 Å². The Morgan fingerprint density at radius 2 is 1.96 bits per heavy atom. The standard InChI is InChI=1S/C19H15BrN2O2/c20-18-10-9-14(16-7-1-2-8-17(16)18)13-19(23)22-21-11-3-5-15-6-4-12-24-15/h1-12H,13H2,(H,22,23)/b5-3+,21-11+. The minimum Gasteiger partial charge on any atom is -0.465 e. The maximum Gasteiger partial charge on any atom is 0.244 e. The molecule has 1 N–H and O–H groups in total. The van der Waals surface area contributed by atoms with Gasteiger partial charge in [-0.1, -0.05) is 46.3 Å². The molecule has 0 fully saturated rings. The predicted octanol–water partition coefficient (Wildman–Crippen LogP) is 4.55. The number of rotatable bonds is 5. The Morgan fingerprint density at radius 3 is 2.75 bits per heavy atom. The lowest BCUT2D eigenvalue weighted by atomic mass is 10.0. The summed E-state index contributed by atoms with van der Waals surface area (Å²) in [6.07, 6.45) is 6.85. The Balaban J connectivity index is 1.62. The summed E-state index contributed by atoms with van der Waals surface area (Å²) in [7, 11) is 0. The molecule has 0 aliphatic rings. The number of carbonyl (C=O) groups is 1. The van der Waals surface area contributed by atoms with Crippen molar-refractivity contribution < 1.29 is 9.21 Å². The van der Waals surface area contributed by atoms with Gasteiger partial charge in [-0.15, -0.1) is 0 Å². The van der Waals surface area contributed by atoms with Crippen LogP contribution in [0, 0.1) is 0 Å². The third kappa shape index (κ3) is 4.00. The molecular formula is C19H15BrN2O2. The topological polar surface area (TPSA) is 54.6 Å². The molecule has 0 spiro atoms. The van der Waals surface area contributed by atoms with E-state index >= 15 is 0 Å². The lowest BCUT2D eigenvalue weighted by Crippen LogP contribution is -2.19. The highest BCUT2D eigenvalue weighted by atomic mass is 79.9. The van der Waals surface area contributed by atoms with Crippen LogP contribution in [0.25, 0.3) is 16.8 Å². The maximum absolute atomic E-state index is 12.1. The first-order valence-electron chi connectivity index (χ1n) is 7.42. The zero-order valence-corrected chi connectivity index (χ0v) is 14.4. The maximum atomic E-state index is 12.1. The van der Waals surface area contributed by atoms with Gasteiger partial charge in [-0.3, -0.25) is 4.79 Å². The average molecular weight is 383 g/mol. The van der Waals surface area contributed by atoms with E-state index in [1.165, 1.54) is 6.21 Å². The molecule has 0 aliphatic carbocycles. The normalized spacial score (nSPS) is 11.5. The fourth-order valence-corrected chi connectivity index (χ4v) is 2.85. The van der Waals surface area contributed by atoms with Gasteiger partial charge in [0.05, 0.1) is 12.7 Å². The summed E-state index contributed by atoms with van der Waals surface area (Å²) in [4.78, 5) is 12.1. The molecule has 0 bridgehead atoms. The first-order valence-corrected chi connectivity index (χ1v) is 8.21. The number of nitrogens with one attached hydrogen (secondary N) is 1. The van der Waals surface area contributed by atoms with Crippen LogP contribution < -0.4 is 5.43 Å². The summed E-state index contributed by atoms with van der Waals surface area (Å²) in [5.74, 6) is 0.569. The molecule has 1 heterocycles. The van der Waals surface area contributed by atoms with Gasteiger partial charge in [-0.2, -0.15) is 5.10 Å². The Kier molecular flexibility index (Phi) is 5.23. The van der Waals surface area contributed by atoms with E-state index in [0.29, 0.717) is 0 Å². The van der Waals surface area contributed by atoms with E-state index < -0.39 is 0 Å².